The number of hydrogen-bond acceptors (Lipinski definition) is 9. The Bertz CT molecular complexity index is 1490. The Kier molecular flexibility index (Phi) is 10.8. The molecule has 0 radical (unpaired) electrons. The van der Waals surface area contributed by atoms with E-state index in [0.29, 0.717) is 35.5 Å². The molecule has 1 aromatic heterocycles. The van der Waals surface area contributed by atoms with Crippen LogP contribution in [0, 0.1) is 13.8 Å². The van der Waals surface area contributed by atoms with Gasteiger partial charge in [0.15, 0.2) is 0 Å². The number of para-hydroxylation sites is 1. The van der Waals surface area contributed by atoms with Gasteiger partial charge in [-0.1, -0.05) is 32.0 Å². The molecule has 4 rings (SSSR count). The third-order valence-electron chi connectivity index (χ3n) is 6.96. The quantitative estimate of drug-likeness (QED) is 0.179. The van der Waals surface area contributed by atoms with Crippen molar-refractivity contribution < 1.29 is 23.7 Å². The maximum absolute atomic E-state index is 13.8. The standard InChI is InChI=1S/C33H39N5O5/c1-7-37(8-2)20-21-42-26-14-12-25(13-15-26)35-32-34-19-18-30(36-32)38(28-17-16-27(40-5)22-29(28)41-6)33(39)43-31-23(3)10-9-11-24(31)4/h9-19,22H,7-8,20-21H2,1-6H3,(H,34,35,36). The molecule has 0 unspecified atom stereocenters. The number of rotatable bonds is 13. The van der Waals surface area contributed by atoms with Crippen LogP contribution >= 0.6 is 0 Å². The van der Waals surface area contributed by atoms with Crippen LogP contribution in [0.1, 0.15) is 25.0 Å². The van der Waals surface area contributed by atoms with Crippen molar-refractivity contribution in [2.24, 2.45) is 0 Å². The summed E-state index contributed by atoms with van der Waals surface area (Å²) >= 11 is 0. The first-order valence-electron chi connectivity index (χ1n) is 14.2. The maximum atomic E-state index is 13.8. The number of ether oxygens (including phenoxy) is 4. The second-order valence-electron chi connectivity index (χ2n) is 9.73. The van der Waals surface area contributed by atoms with Crippen molar-refractivity contribution in [1.82, 2.24) is 14.9 Å². The van der Waals surface area contributed by atoms with E-state index in [9.17, 15) is 4.79 Å². The highest BCUT2D eigenvalue weighted by Gasteiger charge is 2.27. The number of benzene rings is 3. The summed E-state index contributed by atoms with van der Waals surface area (Å²) in [6.07, 6.45) is 0.918. The molecule has 1 amide bonds. The van der Waals surface area contributed by atoms with Crippen LogP contribution in [0.25, 0.3) is 0 Å². The molecule has 0 saturated carbocycles. The van der Waals surface area contributed by atoms with Crippen molar-refractivity contribution >= 4 is 29.2 Å². The molecule has 0 bridgehead atoms. The molecule has 10 heteroatoms. The largest absolute Gasteiger partial charge is 0.497 e. The summed E-state index contributed by atoms with van der Waals surface area (Å²) in [6.45, 7) is 11.5. The van der Waals surface area contributed by atoms with E-state index in [1.807, 2.05) is 56.3 Å². The lowest BCUT2D eigenvalue weighted by Crippen LogP contribution is -2.31. The van der Waals surface area contributed by atoms with Crippen molar-refractivity contribution in [1.29, 1.82) is 0 Å². The Labute approximate surface area is 253 Å². The van der Waals surface area contributed by atoms with Gasteiger partial charge in [-0.3, -0.25) is 0 Å². The van der Waals surface area contributed by atoms with Crippen LogP contribution in [0.2, 0.25) is 0 Å². The smallest absolute Gasteiger partial charge is 0.425 e. The first-order chi connectivity index (χ1) is 20.9. The van der Waals surface area contributed by atoms with E-state index in [2.05, 4.69) is 34.0 Å². The van der Waals surface area contributed by atoms with Crippen LogP contribution in [-0.2, 0) is 0 Å². The van der Waals surface area contributed by atoms with Crippen molar-refractivity contribution in [3.05, 3.63) is 84.1 Å². The van der Waals surface area contributed by atoms with Crippen molar-refractivity contribution in [2.75, 3.05) is 50.7 Å². The summed E-state index contributed by atoms with van der Waals surface area (Å²) < 4.78 is 22.8. The molecular weight excluding hydrogens is 546 g/mol. The Morgan fingerprint density at radius 3 is 2.23 bits per heavy atom. The van der Waals surface area contributed by atoms with Gasteiger partial charge in [0.1, 0.15) is 35.4 Å². The molecule has 0 saturated heterocycles. The average molecular weight is 586 g/mol. The third kappa shape index (κ3) is 7.92. The Hall–Kier alpha value is -4.83. The van der Waals surface area contributed by atoms with Crippen LogP contribution in [0.15, 0.2) is 72.9 Å². The van der Waals surface area contributed by atoms with Crippen LogP contribution < -0.4 is 29.2 Å². The average Bonchev–Trinajstić information content (AvgIpc) is 3.02. The predicted octanol–water partition coefficient (Wildman–Crippen LogP) is 6.91. The molecular formula is C33H39N5O5. The number of carbonyl (C=O) groups is 1. The van der Waals surface area contributed by atoms with Gasteiger partial charge in [-0.15, -0.1) is 0 Å². The lowest BCUT2D eigenvalue weighted by atomic mass is 10.1. The number of anilines is 4. The van der Waals surface area contributed by atoms with E-state index in [-0.39, 0.29) is 5.82 Å². The summed E-state index contributed by atoms with van der Waals surface area (Å²) in [7, 11) is 3.09. The summed E-state index contributed by atoms with van der Waals surface area (Å²) in [5.41, 5.74) is 2.86. The summed E-state index contributed by atoms with van der Waals surface area (Å²) in [6, 6.07) is 20.1. The zero-order valence-corrected chi connectivity index (χ0v) is 25.6. The van der Waals surface area contributed by atoms with Gasteiger partial charge in [0.05, 0.1) is 19.9 Å². The van der Waals surface area contributed by atoms with Gasteiger partial charge in [0.2, 0.25) is 5.95 Å². The Morgan fingerprint density at radius 2 is 1.58 bits per heavy atom. The van der Waals surface area contributed by atoms with Gasteiger partial charge in [-0.05, 0) is 74.5 Å². The fourth-order valence-electron chi connectivity index (χ4n) is 4.51. The van der Waals surface area contributed by atoms with Crippen molar-refractivity contribution in [3.8, 4) is 23.0 Å². The number of nitrogens with zero attached hydrogens (tertiary/aromatic N) is 4. The number of carbonyl (C=O) groups excluding carboxylic acids is 1. The molecule has 0 aliphatic carbocycles. The predicted molar refractivity (Wildman–Crippen MR) is 169 cm³/mol. The van der Waals surface area contributed by atoms with Crippen molar-refractivity contribution in [2.45, 2.75) is 27.7 Å². The summed E-state index contributed by atoms with van der Waals surface area (Å²) in [4.78, 5) is 26.5. The molecule has 10 nitrogen and oxygen atoms in total. The molecule has 0 spiro atoms. The number of amides is 1. The SMILES string of the molecule is CCN(CC)CCOc1ccc(Nc2nccc(N(C(=O)Oc3c(C)cccc3C)c3ccc(OC)cc3OC)n2)cc1. The molecule has 0 aliphatic rings. The normalized spacial score (nSPS) is 10.8. The van der Waals surface area contributed by atoms with E-state index in [4.69, 9.17) is 18.9 Å². The summed E-state index contributed by atoms with van der Waals surface area (Å²) in [5, 5.41) is 3.21. The van der Waals surface area contributed by atoms with Crippen molar-refractivity contribution in [3.63, 3.8) is 0 Å². The topological polar surface area (TPSA) is 98.3 Å². The second kappa shape index (κ2) is 14.9. The van der Waals surface area contributed by atoms with Gasteiger partial charge in [-0.25, -0.2) is 14.7 Å². The molecule has 3 aromatic carbocycles. The molecule has 226 valence electrons. The molecule has 0 fully saturated rings. The molecule has 0 aliphatic heterocycles. The molecule has 1 N–H and O–H groups in total. The van der Waals surface area contributed by atoms with Crippen LogP contribution in [0.5, 0.6) is 23.0 Å². The minimum atomic E-state index is -0.656. The third-order valence-corrected chi connectivity index (χ3v) is 6.96. The Morgan fingerprint density at radius 1 is 0.884 bits per heavy atom. The number of hydrogen-bond donors (Lipinski definition) is 1. The number of aryl methyl sites for hydroxylation is 2. The van der Waals surface area contributed by atoms with Crippen LogP contribution in [0.3, 0.4) is 0 Å². The van der Waals surface area contributed by atoms with Gasteiger partial charge < -0.3 is 29.2 Å². The van der Waals surface area contributed by atoms with E-state index in [1.54, 1.807) is 37.6 Å². The van der Waals surface area contributed by atoms with Crippen LogP contribution in [0.4, 0.5) is 27.9 Å². The molecule has 1 heterocycles. The molecule has 0 atom stereocenters. The monoisotopic (exact) mass is 585 g/mol. The van der Waals surface area contributed by atoms with E-state index in [0.717, 1.165) is 42.2 Å². The fraction of sp³-hybridized carbons (Fsp3) is 0.303. The van der Waals surface area contributed by atoms with E-state index in [1.165, 1.54) is 12.0 Å². The zero-order valence-electron chi connectivity index (χ0n) is 25.6. The first kappa shape index (κ1) is 31.1. The zero-order chi connectivity index (χ0) is 30.8. The lowest BCUT2D eigenvalue weighted by molar-refractivity contribution is 0.209. The Balaban J connectivity index is 1.60. The van der Waals surface area contributed by atoms with E-state index >= 15 is 0 Å². The van der Waals surface area contributed by atoms with Gasteiger partial charge in [-0.2, -0.15) is 4.98 Å². The second-order valence-corrected chi connectivity index (χ2v) is 9.73. The minimum Gasteiger partial charge on any atom is -0.497 e. The van der Waals surface area contributed by atoms with Gasteiger partial charge in [0, 0.05) is 30.6 Å². The van der Waals surface area contributed by atoms with Crippen LogP contribution in [-0.4, -0.2) is 61.4 Å². The highest BCUT2D eigenvalue weighted by atomic mass is 16.6. The lowest BCUT2D eigenvalue weighted by Gasteiger charge is -2.24. The summed E-state index contributed by atoms with van der Waals surface area (Å²) in [5.74, 6) is 2.83. The van der Waals surface area contributed by atoms with Gasteiger partial charge >= 0.3 is 6.09 Å². The number of methoxy groups -OCH3 is 2. The highest BCUT2D eigenvalue weighted by Crippen LogP contribution is 2.37. The first-order valence-corrected chi connectivity index (χ1v) is 14.2. The van der Waals surface area contributed by atoms with Gasteiger partial charge in [0.25, 0.3) is 0 Å². The fourth-order valence-corrected chi connectivity index (χ4v) is 4.51. The molecule has 4 aromatic rings. The number of nitrogens with one attached hydrogen (secondary N) is 1. The van der Waals surface area contributed by atoms with E-state index < -0.39 is 6.09 Å². The maximum Gasteiger partial charge on any atom is 0.425 e. The minimum absolute atomic E-state index is 0.286. The molecule has 43 heavy (non-hydrogen) atoms. The number of aromatic nitrogens is 2. The number of likely N-dealkylation sites (N-methyl/N-ethyl adjacent to an activating group) is 1. The highest BCUT2D eigenvalue weighted by molar-refractivity contribution is 5.98.